The summed E-state index contributed by atoms with van der Waals surface area (Å²) >= 11 is 0. The first kappa shape index (κ1) is 11.7. The van der Waals surface area contributed by atoms with Gasteiger partial charge >= 0.3 is 0 Å². The van der Waals surface area contributed by atoms with E-state index in [2.05, 4.69) is 25.3 Å². The fraction of sp³-hybridized carbons (Fsp3) is 0.833. The van der Waals surface area contributed by atoms with Crippen molar-refractivity contribution in [2.45, 2.75) is 51.6 Å². The van der Waals surface area contributed by atoms with Gasteiger partial charge in [-0.2, -0.15) is 0 Å². The van der Waals surface area contributed by atoms with Crippen LogP contribution in [0, 0.1) is 0 Å². The van der Waals surface area contributed by atoms with Crippen LogP contribution in [0.2, 0.25) is 0 Å². The van der Waals surface area contributed by atoms with Crippen molar-refractivity contribution < 1.29 is 5.11 Å². The van der Waals surface area contributed by atoms with Gasteiger partial charge in [0.1, 0.15) is 0 Å². The molecule has 0 amide bonds. The first-order chi connectivity index (χ1) is 6.66. The van der Waals surface area contributed by atoms with Crippen molar-refractivity contribution in [3.8, 4) is 0 Å². The zero-order valence-corrected chi connectivity index (χ0v) is 9.50. The SMILES string of the molecule is C=C(CCO)C1CCCCN1C(C)C. The van der Waals surface area contributed by atoms with Gasteiger partial charge in [0.15, 0.2) is 0 Å². The predicted octanol–water partition coefficient (Wildman–Crippen LogP) is 2.19. The molecule has 2 heteroatoms. The Morgan fingerprint density at radius 2 is 2.21 bits per heavy atom. The highest BCUT2D eigenvalue weighted by Gasteiger charge is 2.25. The highest BCUT2D eigenvalue weighted by atomic mass is 16.2. The third-order valence-corrected chi connectivity index (χ3v) is 3.11. The smallest absolute Gasteiger partial charge is 0.0468 e. The van der Waals surface area contributed by atoms with Crippen LogP contribution in [0.1, 0.15) is 39.5 Å². The molecule has 0 radical (unpaired) electrons. The summed E-state index contributed by atoms with van der Waals surface area (Å²) in [5.74, 6) is 0. The van der Waals surface area contributed by atoms with Gasteiger partial charge in [-0.1, -0.05) is 18.6 Å². The van der Waals surface area contributed by atoms with Gasteiger partial charge in [0.05, 0.1) is 0 Å². The normalized spacial score (nSPS) is 24.1. The summed E-state index contributed by atoms with van der Waals surface area (Å²) in [4.78, 5) is 2.52. The van der Waals surface area contributed by atoms with Crippen molar-refractivity contribution in [2.75, 3.05) is 13.2 Å². The van der Waals surface area contributed by atoms with Crippen molar-refractivity contribution >= 4 is 0 Å². The molecule has 2 nitrogen and oxygen atoms in total. The van der Waals surface area contributed by atoms with Crippen LogP contribution >= 0.6 is 0 Å². The lowest BCUT2D eigenvalue weighted by atomic mass is 9.93. The Morgan fingerprint density at radius 3 is 2.79 bits per heavy atom. The van der Waals surface area contributed by atoms with E-state index in [-0.39, 0.29) is 6.61 Å². The summed E-state index contributed by atoms with van der Waals surface area (Å²) < 4.78 is 0. The molecule has 0 aromatic carbocycles. The molecule has 14 heavy (non-hydrogen) atoms. The third-order valence-electron chi connectivity index (χ3n) is 3.11. The van der Waals surface area contributed by atoms with Gasteiger partial charge < -0.3 is 5.11 Å². The fourth-order valence-corrected chi connectivity index (χ4v) is 2.32. The van der Waals surface area contributed by atoms with Crippen molar-refractivity contribution in [3.63, 3.8) is 0 Å². The molecule has 0 aliphatic carbocycles. The lowest BCUT2D eigenvalue weighted by molar-refractivity contribution is 0.129. The zero-order chi connectivity index (χ0) is 10.6. The summed E-state index contributed by atoms with van der Waals surface area (Å²) in [5.41, 5.74) is 1.21. The lowest BCUT2D eigenvalue weighted by Gasteiger charge is -2.39. The van der Waals surface area contributed by atoms with Crippen LogP contribution in [-0.2, 0) is 0 Å². The van der Waals surface area contributed by atoms with E-state index >= 15 is 0 Å². The molecular weight excluding hydrogens is 174 g/mol. The van der Waals surface area contributed by atoms with Crippen molar-refractivity contribution in [2.24, 2.45) is 0 Å². The molecule has 1 rings (SSSR count). The number of nitrogens with zero attached hydrogens (tertiary/aromatic N) is 1. The second-order valence-electron chi connectivity index (χ2n) is 4.48. The molecule has 1 heterocycles. The maximum absolute atomic E-state index is 8.91. The Labute approximate surface area is 87.6 Å². The highest BCUT2D eigenvalue weighted by molar-refractivity contribution is 5.07. The van der Waals surface area contributed by atoms with E-state index in [1.807, 2.05) is 0 Å². The number of aliphatic hydroxyl groups excluding tert-OH is 1. The molecule has 1 atom stereocenters. The number of piperidine rings is 1. The third kappa shape index (κ3) is 2.82. The average molecular weight is 197 g/mol. The Bertz CT molecular complexity index is 189. The second kappa shape index (κ2) is 5.52. The number of aliphatic hydroxyl groups is 1. The molecule has 1 unspecified atom stereocenters. The lowest BCUT2D eigenvalue weighted by Crippen LogP contribution is -2.44. The number of likely N-dealkylation sites (tertiary alicyclic amines) is 1. The van der Waals surface area contributed by atoms with Crippen LogP contribution in [0.15, 0.2) is 12.2 Å². The molecule has 0 bridgehead atoms. The molecule has 1 aliphatic heterocycles. The summed E-state index contributed by atoms with van der Waals surface area (Å²) in [5, 5.41) is 8.91. The Morgan fingerprint density at radius 1 is 1.50 bits per heavy atom. The van der Waals surface area contributed by atoms with E-state index in [1.54, 1.807) is 0 Å². The Hall–Kier alpha value is -0.340. The summed E-state index contributed by atoms with van der Waals surface area (Å²) in [6.07, 6.45) is 4.59. The van der Waals surface area contributed by atoms with Gasteiger partial charge in [-0.05, 0) is 39.7 Å². The first-order valence-corrected chi connectivity index (χ1v) is 5.71. The van der Waals surface area contributed by atoms with E-state index in [0.29, 0.717) is 12.1 Å². The molecule has 1 N–H and O–H groups in total. The van der Waals surface area contributed by atoms with Crippen molar-refractivity contribution in [1.29, 1.82) is 0 Å². The number of rotatable bonds is 4. The monoisotopic (exact) mass is 197 g/mol. The van der Waals surface area contributed by atoms with Gasteiger partial charge in [-0.15, -0.1) is 0 Å². The van der Waals surface area contributed by atoms with Gasteiger partial charge in [-0.3, -0.25) is 4.90 Å². The Balaban J connectivity index is 2.57. The molecule has 0 aromatic rings. The van der Waals surface area contributed by atoms with Crippen LogP contribution in [0.3, 0.4) is 0 Å². The van der Waals surface area contributed by atoms with E-state index in [1.165, 1.54) is 31.4 Å². The standard InChI is InChI=1S/C12H23NO/c1-10(2)13-8-5-4-6-12(13)11(3)7-9-14/h10,12,14H,3-9H2,1-2H3. The summed E-state index contributed by atoms with van der Waals surface area (Å²) in [6, 6.07) is 1.10. The molecule has 0 aromatic heterocycles. The maximum Gasteiger partial charge on any atom is 0.0468 e. The van der Waals surface area contributed by atoms with E-state index in [9.17, 15) is 0 Å². The first-order valence-electron chi connectivity index (χ1n) is 5.71. The second-order valence-corrected chi connectivity index (χ2v) is 4.48. The van der Waals surface area contributed by atoms with Crippen LogP contribution in [-0.4, -0.2) is 35.2 Å². The van der Waals surface area contributed by atoms with Crippen molar-refractivity contribution in [1.82, 2.24) is 4.90 Å². The van der Waals surface area contributed by atoms with E-state index < -0.39 is 0 Å². The molecule has 1 saturated heterocycles. The largest absolute Gasteiger partial charge is 0.396 e. The summed E-state index contributed by atoms with van der Waals surface area (Å²) in [7, 11) is 0. The van der Waals surface area contributed by atoms with Crippen LogP contribution < -0.4 is 0 Å². The Kier molecular flexibility index (Phi) is 4.63. The maximum atomic E-state index is 8.91. The minimum Gasteiger partial charge on any atom is -0.396 e. The number of hydrogen-bond donors (Lipinski definition) is 1. The predicted molar refractivity (Wildman–Crippen MR) is 60.3 cm³/mol. The van der Waals surface area contributed by atoms with Gasteiger partial charge in [0.25, 0.3) is 0 Å². The van der Waals surface area contributed by atoms with Crippen LogP contribution in [0.25, 0.3) is 0 Å². The minimum absolute atomic E-state index is 0.237. The van der Waals surface area contributed by atoms with Crippen LogP contribution in [0.5, 0.6) is 0 Å². The average Bonchev–Trinajstić information content (AvgIpc) is 2.18. The molecule has 1 aliphatic rings. The van der Waals surface area contributed by atoms with E-state index in [4.69, 9.17) is 5.11 Å². The molecule has 0 saturated carbocycles. The quantitative estimate of drug-likeness (QED) is 0.698. The molecule has 1 fully saturated rings. The van der Waals surface area contributed by atoms with E-state index in [0.717, 1.165) is 6.42 Å². The number of hydrogen-bond acceptors (Lipinski definition) is 2. The molecule has 0 spiro atoms. The topological polar surface area (TPSA) is 23.5 Å². The fourth-order valence-electron chi connectivity index (χ4n) is 2.32. The minimum atomic E-state index is 0.237. The summed E-state index contributed by atoms with van der Waals surface area (Å²) in [6.45, 7) is 10.0. The van der Waals surface area contributed by atoms with Crippen LogP contribution in [0.4, 0.5) is 0 Å². The molecule has 82 valence electrons. The van der Waals surface area contributed by atoms with Crippen molar-refractivity contribution in [3.05, 3.63) is 12.2 Å². The highest BCUT2D eigenvalue weighted by Crippen LogP contribution is 2.25. The van der Waals surface area contributed by atoms with Gasteiger partial charge in [0, 0.05) is 18.7 Å². The zero-order valence-electron chi connectivity index (χ0n) is 9.50. The van der Waals surface area contributed by atoms with Gasteiger partial charge in [0.2, 0.25) is 0 Å². The molecular formula is C12H23NO. The van der Waals surface area contributed by atoms with Gasteiger partial charge in [-0.25, -0.2) is 0 Å².